The molecule has 1 aliphatic carbocycles. The molecule has 2 aromatic rings. The number of carbonyl (C=O) groups excluding carboxylic acids is 1. The van der Waals surface area contributed by atoms with Crippen LogP contribution in [0.3, 0.4) is 0 Å². The molecule has 2 aromatic carbocycles. The van der Waals surface area contributed by atoms with Crippen LogP contribution in [0.1, 0.15) is 45.8 Å². The van der Waals surface area contributed by atoms with Gasteiger partial charge in [0.2, 0.25) is 5.91 Å². The lowest BCUT2D eigenvalue weighted by Gasteiger charge is -2.25. The number of anilines is 1. The van der Waals surface area contributed by atoms with Gasteiger partial charge in [0.05, 0.1) is 11.5 Å². The van der Waals surface area contributed by atoms with E-state index in [9.17, 15) is 9.59 Å². The highest BCUT2D eigenvalue weighted by Crippen LogP contribution is 2.32. The summed E-state index contributed by atoms with van der Waals surface area (Å²) in [4.78, 5) is 23.8. The number of carbonyl (C=O) groups is 2. The molecule has 3 rings (SSSR count). The fraction of sp³-hybridized carbons (Fsp3) is 0.263. The number of benzene rings is 2. The maximum Gasteiger partial charge on any atom is 0.335 e. The van der Waals surface area contributed by atoms with Gasteiger partial charge in [0.15, 0.2) is 0 Å². The summed E-state index contributed by atoms with van der Waals surface area (Å²) in [6.45, 7) is 1.86. The fourth-order valence-corrected chi connectivity index (χ4v) is 3.14. The van der Waals surface area contributed by atoms with Gasteiger partial charge in [-0.1, -0.05) is 30.3 Å². The molecule has 0 heterocycles. The van der Waals surface area contributed by atoms with E-state index >= 15 is 0 Å². The molecule has 0 saturated heterocycles. The monoisotopic (exact) mass is 309 g/mol. The second kappa shape index (κ2) is 6.24. The molecular formula is C19H19NO3. The molecule has 23 heavy (non-hydrogen) atoms. The van der Waals surface area contributed by atoms with E-state index in [-0.39, 0.29) is 17.4 Å². The van der Waals surface area contributed by atoms with Crippen LogP contribution in [0.2, 0.25) is 0 Å². The van der Waals surface area contributed by atoms with Gasteiger partial charge in [0.1, 0.15) is 0 Å². The first-order valence-electron chi connectivity index (χ1n) is 7.79. The van der Waals surface area contributed by atoms with Crippen LogP contribution < -0.4 is 5.32 Å². The molecule has 0 radical (unpaired) electrons. The summed E-state index contributed by atoms with van der Waals surface area (Å²) in [5, 5.41) is 12.0. The van der Waals surface area contributed by atoms with Crippen molar-refractivity contribution in [2.24, 2.45) is 0 Å². The molecule has 1 unspecified atom stereocenters. The summed E-state index contributed by atoms with van der Waals surface area (Å²) in [7, 11) is 0. The molecule has 4 nitrogen and oxygen atoms in total. The van der Waals surface area contributed by atoms with Crippen molar-refractivity contribution in [2.75, 3.05) is 5.32 Å². The average Bonchev–Trinajstić information content (AvgIpc) is 2.56. The number of carboxylic acid groups (broad SMARTS) is 1. The first-order chi connectivity index (χ1) is 11.1. The van der Waals surface area contributed by atoms with E-state index in [0.717, 1.165) is 30.4 Å². The lowest BCUT2D eigenvalue weighted by molar-refractivity contribution is -0.117. The number of nitrogens with one attached hydrogen (secondary N) is 1. The molecule has 0 aromatic heterocycles. The molecule has 1 atom stereocenters. The van der Waals surface area contributed by atoms with E-state index in [2.05, 4.69) is 11.4 Å². The van der Waals surface area contributed by atoms with Gasteiger partial charge in [-0.15, -0.1) is 0 Å². The Morgan fingerprint density at radius 3 is 2.74 bits per heavy atom. The number of carboxylic acids is 1. The number of aryl methyl sites for hydroxylation is 2. The van der Waals surface area contributed by atoms with Gasteiger partial charge in [-0.25, -0.2) is 4.79 Å². The van der Waals surface area contributed by atoms with Crippen LogP contribution in [0.15, 0.2) is 42.5 Å². The normalized spacial score (nSPS) is 16.5. The fourth-order valence-electron chi connectivity index (χ4n) is 3.14. The van der Waals surface area contributed by atoms with Crippen molar-refractivity contribution in [1.82, 2.24) is 0 Å². The van der Waals surface area contributed by atoms with Crippen LogP contribution in [0.5, 0.6) is 0 Å². The third-order valence-corrected chi connectivity index (χ3v) is 4.43. The third kappa shape index (κ3) is 3.11. The Balaban J connectivity index is 1.86. The van der Waals surface area contributed by atoms with Crippen LogP contribution in [-0.2, 0) is 11.2 Å². The average molecular weight is 309 g/mol. The van der Waals surface area contributed by atoms with E-state index in [1.54, 1.807) is 12.1 Å². The van der Waals surface area contributed by atoms with E-state index in [1.165, 1.54) is 11.6 Å². The lowest BCUT2D eigenvalue weighted by atomic mass is 9.82. The zero-order chi connectivity index (χ0) is 16.4. The van der Waals surface area contributed by atoms with Gasteiger partial charge in [-0.3, -0.25) is 4.79 Å². The van der Waals surface area contributed by atoms with Gasteiger partial charge >= 0.3 is 5.97 Å². The topological polar surface area (TPSA) is 66.4 Å². The number of hydrogen-bond donors (Lipinski definition) is 2. The molecule has 4 heteroatoms. The summed E-state index contributed by atoms with van der Waals surface area (Å²) in [6, 6.07) is 12.8. The largest absolute Gasteiger partial charge is 0.478 e. The predicted octanol–water partition coefficient (Wildman–Crippen LogP) is 3.75. The second-order valence-electron chi connectivity index (χ2n) is 5.97. The van der Waals surface area contributed by atoms with Crippen molar-refractivity contribution >= 4 is 17.6 Å². The Labute approximate surface area is 135 Å². The van der Waals surface area contributed by atoms with Crippen LogP contribution >= 0.6 is 0 Å². The van der Waals surface area contributed by atoms with Gasteiger partial charge < -0.3 is 10.4 Å². The molecular weight excluding hydrogens is 290 g/mol. The smallest absolute Gasteiger partial charge is 0.335 e. The number of aromatic carboxylic acids is 1. The summed E-state index contributed by atoms with van der Waals surface area (Å²) < 4.78 is 0. The second-order valence-corrected chi connectivity index (χ2v) is 5.97. The van der Waals surface area contributed by atoms with Crippen molar-refractivity contribution in [2.45, 2.75) is 32.1 Å². The highest BCUT2D eigenvalue weighted by molar-refractivity contribution is 5.98. The summed E-state index contributed by atoms with van der Waals surface area (Å²) in [5.41, 5.74) is 3.92. The summed E-state index contributed by atoms with van der Waals surface area (Å²) >= 11 is 0. The highest BCUT2D eigenvalue weighted by atomic mass is 16.4. The van der Waals surface area contributed by atoms with Crippen molar-refractivity contribution in [3.05, 3.63) is 64.7 Å². The number of amides is 1. The molecule has 2 N–H and O–H groups in total. The molecule has 0 bridgehead atoms. The molecule has 118 valence electrons. The van der Waals surface area contributed by atoms with Crippen LogP contribution in [-0.4, -0.2) is 17.0 Å². The Hall–Kier alpha value is -2.62. The number of rotatable bonds is 3. The maximum atomic E-state index is 12.7. The van der Waals surface area contributed by atoms with Gasteiger partial charge in [-0.2, -0.15) is 0 Å². The zero-order valence-corrected chi connectivity index (χ0v) is 13.0. The molecule has 0 aliphatic heterocycles. The molecule has 1 amide bonds. The minimum Gasteiger partial charge on any atom is -0.478 e. The SMILES string of the molecule is Cc1ccc(C(=O)O)cc1NC(=O)C1CCCc2ccccc21. The van der Waals surface area contributed by atoms with E-state index in [0.29, 0.717) is 5.69 Å². The van der Waals surface area contributed by atoms with Crippen LogP contribution in [0.4, 0.5) is 5.69 Å². The van der Waals surface area contributed by atoms with Crippen molar-refractivity contribution in [3.63, 3.8) is 0 Å². The molecule has 0 saturated carbocycles. The number of hydrogen-bond acceptors (Lipinski definition) is 2. The molecule has 0 spiro atoms. The Bertz CT molecular complexity index is 767. The zero-order valence-electron chi connectivity index (χ0n) is 13.0. The Morgan fingerprint density at radius 2 is 1.96 bits per heavy atom. The van der Waals surface area contributed by atoms with Gasteiger partial charge in [0.25, 0.3) is 0 Å². The number of fused-ring (bicyclic) bond motifs is 1. The Morgan fingerprint density at radius 1 is 1.17 bits per heavy atom. The van der Waals surface area contributed by atoms with E-state index in [1.807, 2.05) is 25.1 Å². The third-order valence-electron chi connectivity index (χ3n) is 4.43. The van der Waals surface area contributed by atoms with Crippen molar-refractivity contribution in [3.8, 4) is 0 Å². The van der Waals surface area contributed by atoms with Crippen molar-refractivity contribution in [1.29, 1.82) is 0 Å². The van der Waals surface area contributed by atoms with E-state index < -0.39 is 5.97 Å². The minimum atomic E-state index is -0.997. The predicted molar refractivity (Wildman–Crippen MR) is 88.9 cm³/mol. The first-order valence-corrected chi connectivity index (χ1v) is 7.79. The molecule has 0 fully saturated rings. The lowest BCUT2D eigenvalue weighted by Crippen LogP contribution is -2.25. The van der Waals surface area contributed by atoms with Crippen LogP contribution in [0, 0.1) is 6.92 Å². The first kappa shape index (κ1) is 15.3. The van der Waals surface area contributed by atoms with E-state index in [4.69, 9.17) is 5.11 Å². The minimum absolute atomic E-state index is 0.0669. The van der Waals surface area contributed by atoms with Gasteiger partial charge in [0, 0.05) is 5.69 Å². The van der Waals surface area contributed by atoms with Gasteiger partial charge in [-0.05, 0) is 55.0 Å². The summed E-state index contributed by atoms with van der Waals surface area (Å²) in [6.07, 6.45) is 2.82. The highest BCUT2D eigenvalue weighted by Gasteiger charge is 2.26. The van der Waals surface area contributed by atoms with Crippen LogP contribution in [0.25, 0.3) is 0 Å². The quantitative estimate of drug-likeness (QED) is 0.907. The maximum absolute atomic E-state index is 12.7. The summed E-state index contributed by atoms with van der Waals surface area (Å²) in [5.74, 6) is -1.24. The Kier molecular flexibility index (Phi) is 4.15. The van der Waals surface area contributed by atoms with Crippen molar-refractivity contribution < 1.29 is 14.7 Å². The standard InChI is InChI=1S/C19H19NO3/c1-12-9-10-14(19(22)23)11-17(12)20-18(21)16-8-4-6-13-5-2-3-7-15(13)16/h2-3,5,7,9-11,16H,4,6,8H2,1H3,(H,20,21)(H,22,23). The molecule has 1 aliphatic rings.